The summed E-state index contributed by atoms with van der Waals surface area (Å²) in [6.45, 7) is 5.40. The van der Waals surface area contributed by atoms with Gasteiger partial charge >= 0.3 is 5.97 Å². The van der Waals surface area contributed by atoms with Gasteiger partial charge in [-0.2, -0.15) is 0 Å². The predicted octanol–water partition coefficient (Wildman–Crippen LogP) is 12.3. The first kappa shape index (κ1) is 51.5. The van der Waals surface area contributed by atoms with E-state index in [0.29, 0.717) is 24.1 Å². The van der Waals surface area contributed by atoms with Gasteiger partial charge in [-0.1, -0.05) is 194 Å². The molecule has 0 aromatic heterocycles. The minimum atomic E-state index is -4.50. The molecular weight excluding hydrogens is 673 g/mol. The first-order valence-corrected chi connectivity index (χ1v) is 23.7. The van der Waals surface area contributed by atoms with Gasteiger partial charge in [-0.25, -0.2) is 0 Å². The van der Waals surface area contributed by atoms with Crippen LogP contribution in [0.1, 0.15) is 213 Å². The highest BCUT2D eigenvalue weighted by molar-refractivity contribution is 7.45. The second-order valence-electron chi connectivity index (χ2n) is 16.4. The lowest BCUT2D eigenvalue weighted by molar-refractivity contribution is -0.870. The van der Waals surface area contributed by atoms with Gasteiger partial charge in [0.2, 0.25) is 0 Å². The fraction of sp³-hybridized carbons (Fsp3) is 0.977. The van der Waals surface area contributed by atoms with Crippen LogP contribution in [0.5, 0.6) is 0 Å². The van der Waals surface area contributed by atoms with Crippen molar-refractivity contribution in [3.8, 4) is 0 Å². The van der Waals surface area contributed by atoms with E-state index >= 15 is 0 Å². The van der Waals surface area contributed by atoms with E-state index in [1.807, 2.05) is 21.1 Å². The number of phosphoric ester groups is 1. The normalized spacial score (nSPS) is 13.7. The van der Waals surface area contributed by atoms with Crippen LogP contribution in [0.3, 0.4) is 0 Å². The SMILES string of the molecule is CCCCCCCCCCCCCCCCCCCCCCCCCCC(=O)OC(COCCCCCCCC)COP(=O)([O-])OCC[N+](C)(C)C. The van der Waals surface area contributed by atoms with E-state index in [1.165, 1.54) is 161 Å². The maximum Gasteiger partial charge on any atom is 0.306 e. The Labute approximate surface area is 323 Å². The average Bonchev–Trinajstić information content (AvgIpc) is 3.09. The number of unbranched alkanes of at least 4 members (excludes halogenated alkanes) is 28. The van der Waals surface area contributed by atoms with Crippen LogP contribution in [0.25, 0.3) is 0 Å². The lowest BCUT2D eigenvalue weighted by Gasteiger charge is -2.28. The first-order valence-electron chi connectivity index (χ1n) is 22.3. The van der Waals surface area contributed by atoms with Crippen molar-refractivity contribution in [1.82, 2.24) is 0 Å². The number of likely N-dealkylation sites (N-methyl/N-ethyl adjacent to an activating group) is 1. The zero-order valence-electron chi connectivity index (χ0n) is 35.3. The molecule has 0 heterocycles. The molecule has 312 valence electrons. The molecule has 0 radical (unpaired) electrons. The molecule has 0 saturated heterocycles. The summed E-state index contributed by atoms with van der Waals surface area (Å²) in [7, 11) is 1.37. The molecule has 0 aliphatic heterocycles. The number of esters is 1. The van der Waals surface area contributed by atoms with Crippen LogP contribution >= 0.6 is 7.82 Å². The maximum absolute atomic E-state index is 12.6. The molecule has 0 saturated carbocycles. The molecule has 2 atom stereocenters. The molecule has 9 heteroatoms. The lowest BCUT2D eigenvalue weighted by atomic mass is 10.0. The number of rotatable bonds is 42. The molecule has 0 aromatic rings. The minimum Gasteiger partial charge on any atom is -0.756 e. The Kier molecular flexibility index (Phi) is 37.1. The fourth-order valence-corrected chi connectivity index (χ4v) is 7.16. The Morgan fingerprint density at radius 1 is 0.519 bits per heavy atom. The van der Waals surface area contributed by atoms with Crippen molar-refractivity contribution in [2.24, 2.45) is 0 Å². The molecular formula is C43H88NO7P. The van der Waals surface area contributed by atoms with Gasteiger partial charge in [0.15, 0.2) is 0 Å². The molecule has 0 aliphatic carbocycles. The van der Waals surface area contributed by atoms with Crippen molar-refractivity contribution in [3.05, 3.63) is 0 Å². The highest BCUT2D eigenvalue weighted by atomic mass is 31.2. The van der Waals surface area contributed by atoms with Crippen molar-refractivity contribution < 1.29 is 37.3 Å². The van der Waals surface area contributed by atoms with Gasteiger partial charge in [-0.15, -0.1) is 0 Å². The van der Waals surface area contributed by atoms with Gasteiger partial charge in [0.25, 0.3) is 7.82 Å². The minimum absolute atomic E-state index is 0.0306. The first-order chi connectivity index (χ1) is 25.1. The largest absolute Gasteiger partial charge is 0.756 e. The molecule has 0 aromatic carbocycles. The third kappa shape index (κ3) is 40.7. The Morgan fingerprint density at radius 2 is 0.885 bits per heavy atom. The van der Waals surface area contributed by atoms with Crippen molar-refractivity contribution in [1.29, 1.82) is 0 Å². The second-order valence-corrected chi connectivity index (χ2v) is 17.8. The van der Waals surface area contributed by atoms with Crippen LogP contribution in [0.2, 0.25) is 0 Å². The smallest absolute Gasteiger partial charge is 0.306 e. The number of nitrogens with zero attached hydrogens (tertiary/aromatic N) is 1. The molecule has 0 fully saturated rings. The third-order valence-electron chi connectivity index (χ3n) is 9.91. The van der Waals surface area contributed by atoms with Crippen LogP contribution in [-0.2, 0) is 27.9 Å². The number of carbonyl (C=O) groups excluding carboxylic acids is 1. The summed E-state index contributed by atoms with van der Waals surface area (Å²) < 4.78 is 34.4. The summed E-state index contributed by atoms with van der Waals surface area (Å²) in [6, 6.07) is 0. The predicted molar refractivity (Wildman–Crippen MR) is 218 cm³/mol. The van der Waals surface area contributed by atoms with E-state index in [-0.39, 0.29) is 25.8 Å². The maximum atomic E-state index is 12.6. The molecule has 52 heavy (non-hydrogen) atoms. The zero-order valence-corrected chi connectivity index (χ0v) is 36.2. The number of hydrogen-bond donors (Lipinski definition) is 0. The molecule has 0 spiro atoms. The Balaban J connectivity index is 3.90. The van der Waals surface area contributed by atoms with E-state index in [4.69, 9.17) is 18.5 Å². The summed E-state index contributed by atoms with van der Waals surface area (Å²) in [5, 5.41) is 0. The monoisotopic (exact) mass is 762 g/mol. The van der Waals surface area contributed by atoms with E-state index < -0.39 is 13.9 Å². The van der Waals surface area contributed by atoms with Gasteiger partial charge in [0.05, 0.1) is 34.4 Å². The standard InChI is InChI=1S/C43H88NO7P/c1-6-8-10-12-14-15-16-17-18-19-20-21-22-23-24-25-26-27-28-29-30-31-32-34-36-43(45)51-42(40-48-38-35-33-13-11-9-7-2)41-50-52(46,47)49-39-37-44(3,4)5/h42H,6-41H2,1-5H3. The van der Waals surface area contributed by atoms with Gasteiger partial charge in [0, 0.05) is 13.0 Å². The third-order valence-corrected chi connectivity index (χ3v) is 10.9. The summed E-state index contributed by atoms with van der Waals surface area (Å²) in [4.78, 5) is 24.9. The quantitative estimate of drug-likeness (QED) is 0.0264. The Bertz CT molecular complexity index is 807. The van der Waals surface area contributed by atoms with E-state index in [2.05, 4.69) is 13.8 Å². The van der Waals surface area contributed by atoms with Gasteiger partial charge in [-0.3, -0.25) is 9.36 Å². The van der Waals surface area contributed by atoms with E-state index in [9.17, 15) is 14.3 Å². The Hall–Kier alpha value is -0.500. The van der Waals surface area contributed by atoms with Crippen molar-refractivity contribution in [2.75, 3.05) is 54.1 Å². The molecule has 0 aliphatic rings. The number of phosphoric acid groups is 1. The molecule has 0 rings (SSSR count). The number of hydrogen-bond acceptors (Lipinski definition) is 7. The molecule has 0 amide bonds. The average molecular weight is 762 g/mol. The topological polar surface area (TPSA) is 94.1 Å². The van der Waals surface area contributed by atoms with Gasteiger partial charge in [-0.05, 0) is 12.8 Å². The summed E-state index contributed by atoms with van der Waals surface area (Å²) in [5.74, 6) is -0.331. The van der Waals surface area contributed by atoms with Crippen LogP contribution in [-0.4, -0.2) is 70.7 Å². The molecule has 0 N–H and O–H groups in total. The summed E-state index contributed by atoms with van der Waals surface area (Å²) in [6.07, 6.45) is 38.6. The van der Waals surface area contributed by atoms with Crippen LogP contribution in [0, 0.1) is 0 Å². The number of ether oxygens (including phenoxy) is 2. The van der Waals surface area contributed by atoms with Gasteiger partial charge < -0.3 is 27.9 Å². The fourth-order valence-electron chi connectivity index (χ4n) is 6.43. The summed E-state index contributed by atoms with van der Waals surface area (Å²) >= 11 is 0. The highest BCUT2D eigenvalue weighted by Gasteiger charge is 2.20. The number of quaternary nitrogens is 1. The molecule has 8 nitrogen and oxygen atoms in total. The van der Waals surface area contributed by atoms with E-state index in [0.717, 1.165) is 32.1 Å². The summed E-state index contributed by atoms with van der Waals surface area (Å²) in [5.41, 5.74) is 0. The van der Waals surface area contributed by atoms with Crippen LogP contribution in [0.15, 0.2) is 0 Å². The Morgan fingerprint density at radius 3 is 1.27 bits per heavy atom. The van der Waals surface area contributed by atoms with Crippen molar-refractivity contribution >= 4 is 13.8 Å². The van der Waals surface area contributed by atoms with Crippen LogP contribution < -0.4 is 4.89 Å². The lowest BCUT2D eigenvalue weighted by Crippen LogP contribution is -2.37. The second kappa shape index (κ2) is 37.4. The molecule has 0 bridgehead atoms. The molecule has 2 unspecified atom stereocenters. The van der Waals surface area contributed by atoms with Gasteiger partial charge in [0.1, 0.15) is 19.3 Å². The van der Waals surface area contributed by atoms with E-state index in [1.54, 1.807) is 0 Å². The van der Waals surface area contributed by atoms with Crippen molar-refractivity contribution in [2.45, 2.75) is 219 Å². The van der Waals surface area contributed by atoms with Crippen molar-refractivity contribution in [3.63, 3.8) is 0 Å². The zero-order chi connectivity index (χ0) is 38.4. The van der Waals surface area contributed by atoms with Crippen LogP contribution in [0.4, 0.5) is 0 Å². The number of carbonyl (C=O) groups is 1. The highest BCUT2D eigenvalue weighted by Crippen LogP contribution is 2.38.